The van der Waals surface area contributed by atoms with Crippen LogP contribution in [-0.4, -0.2) is 36.8 Å². The number of unbranched alkanes of at least 4 members (excludes halogenated alkanes) is 2. The second-order valence-corrected chi connectivity index (χ2v) is 9.65. The molecular formula is C25H29ClN2O3S. The van der Waals surface area contributed by atoms with Gasteiger partial charge in [0.2, 0.25) is 0 Å². The van der Waals surface area contributed by atoms with Crippen molar-refractivity contribution in [1.82, 2.24) is 4.98 Å². The molecule has 1 aromatic heterocycles. The van der Waals surface area contributed by atoms with E-state index >= 15 is 0 Å². The van der Waals surface area contributed by atoms with Gasteiger partial charge in [0, 0.05) is 17.2 Å². The molecule has 1 amide bonds. The second kappa shape index (κ2) is 10.6. The monoisotopic (exact) mass is 472 g/mol. The summed E-state index contributed by atoms with van der Waals surface area (Å²) in [6, 6.07) is 11.2. The van der Waals surface area contributed by atoms with Crippen molar-refractivity contribution >= 4 is 44.2 Å². The zero-order chi connectivity index (χ0) is 22.5. The summed E-state index contributed by atoms with van der Waals surface area (Å²) in [7, 11) is 0. The van der Waals surface area contributed by atoms with Crippen LogP contribution in [0.25, 0.3) is 10.2 Å². The lowest BCUT2D eigenvalue weighted by atomic mass is 10.1. The molecule has 2 aromatic carbocycles. The number of fused-ring (bicyclic) bond motifs is 1. The third-order valence-corrected chi connectivity index (χ3v) is 6.87. The zero-order valence-corrected chi connectivity index (χ0v) is 20.2. The van der Waals surface area contributed by atoms with Crippen LogP contribution >= 0.6 is 22.9 Å². The third-order valence-electron chi connectivity index (χ3n) is 5.62. The van der Waals surface area contributed by atoms with Gasteiger partial charge < -0.3 is 9.47 Å². The van der Waals surface area contributed by atoms with E-state index in [-0.39, 0.29) is 12.0 Å². The number of benzene rings is 2. The van der Waals surface area contributed by atoms with Crippen molar-refractivity contribution in [2.24, 2.45) is 0 Å². The molecule has 1 aliphatic heterocycles. The van der Waals surface area contributed by atoms with E-state index in [1.807, 2.05) is 43.3 Å². The van der Waals surface area contributed by atoms with E-state index in [2.05, 4.69) is 6.92 Å². The van der Waals surface area contributed by atoms with Crippen molar-refractivity contribution in [2.75, 3.05) is 24.7 Å². The average molecular weight is 473 g/mol. The highest BCUT2D eigenvalue weighted by atomic mass is 35.5. The van der Waals surface area contributed by atoms with E-state index < -0.39 is 0 Å². The number of thiazole rings is 1. The fraction of sp³-hybridized carbons (Fsp3) is 0.440. The Balaban J connectivity index is 1.62. The minimum atomic E-state index is -0.0951. The van der Waals surface area contributed by atoms with Gasteiger partial charge >= 0.3 is 0 Å². The Bertz CT molecular complexity index is 1080. The first-order valence-corrected chi connectivity index (χ1v) is 12.5. The lowest BCUT2D eigenvalue weighted by Crippen LogP contribution is -2.37. The van der Waals surface area contributed by atoms with E-state index in [4.69, 9.17) is 26.1 Å². The summed E-state index contributed by atoms with van der Waals surface area (Å²) in [5.41, 5.74) is 2.47. The fourth-order valence-electron chi connectivity index (χ4n) is 3.91. The molecule has 3 aromatic rings. The summed E-state index contributed by atoms with van der Waals surface area (Å²) < 4.78 is 12.7. The second-order valence-electron chi connectivity index (χ2n) is 8.20. The number of ether oxygens (including phenoxy) is 2. The van der Waals surface area contributed by atoms with Gasteiger partial charge in [-0.25, -0.2) is 4.98 Å². The molecule has 1 saturated heterocycles. The third kappa shape index (κ3) is 5.42. The fourth-order valence-corrected chi connectivity index (χ4v) is 5.34. The normalized spacial score (nSPS) is 15.9. The maximum atomic E-state index is 13.6. The quantitative estimate of drug-likeness (QED) is 0.327. The number of halogens is 1. The van der Waals surface area contributed by atoms with Crippen molar-refractivity contribution in [1.29, 1.82) is 0 Å². The first kappa shape index (κ1) is 23.0. The molecule has 1 fully saturated rings. The summed E-state index contributed by atoms with van der Waals surface area (Å²) in [6.07, 6.45) is 5.27. The standard InChI is InChI=1S/C25H29ClN2O3S/c1-3-4-5-11-30-20-9-6-8-18(14-20)24(29)28(16-21-10-7-12-31-21)25-27-23-17(2)13-19(26)15-22(23)32-25/h6,8-9,13-15,21H,3-5,7,10-12,16H2,1-2H3. The maximum absolute atomic E-state index is 13.6. The Hall–Kier alpha value is -2.15. The van der Waals surface area contributed by atoms with Crippen LogP contribution in [0.2, 0.25) is 5.02 Å². The van der Waals surface area contributed by atoms with E-state index in [1.165, 1.54) is 11.3 Å². The van der Waals surface area contributed by atoms with Gasteiger partial charge in [0.25, 0.3) is 5.91 Å². The van der Waals surface area contributed by atoms with Gasteiger partial charge in [0.15, 0.2) is 5.13 Å². The van der Waals surface area contributed by atoms with Crippen LogP contribution in [0.1, 0.15) is 54.9 Å². The molecule has 0 N–H and O–H groups in total. The molecule has 1 atom stereocenters. The Morgan fingerprint density at radius 1 is 1.31 bits per heavy atom. The van der Waals surface area contributed by atoms with Crippen LogP contribution < -0.4 is 9.64 Å². The summed E-state index contributed by atoms with van der Waals surface area (Å²) in [4.78, 5) is 20.2. The van der Waals surface area contributed by atoms with Gasteiger partial charge in [0.1, 0.15) is 5.75 Å². The minimum absolute atomic E-state index is 0.0177. The van der Waals surface area contributed by atoms with Crippen molar-refractivity contribution in [2.45, 2.75) is 52.1 Å². The molecule has 0 saturated carbocycles. The lowest BCUT2D eigenvalue weighted by molar-refractivity contribution is 0.0917. The van der Waals surface area contributed by atoms with E-state index in [0.29, 0.717) is 28.9 Å². The molecule has 0 aliphatic carbocycles. The Labute approximate surface area is 198 Å². The molecule has 5 nitrogen and oxygen atoms in total. The molecule has 1 aliphatic rings. The number of rotatable bonds is 9. The molecule has 0 bridgehead atoms. The van der Waals surface area contributed by atoms with Crippen LogP contribution in [0.4, 0.5) is 5.13 Å². The molecular weight excluding hydrogens is 444 g/mol. The van der Waals surface area contributed by atoms with E-state index in [0.717, 1.165) is 60.2 Å². The van der Waals surface area contributed by atoms with Gasteiger partial charge in [-0.15, -0.1) is 0 Å². The summed E-state index contributed by atoms with van der Waals surface area (Å²) in [5.74, 6) is 0.623. The number of amides is 1. The molecule has 7 heteroatoms. The van der Waals surface area contributed by atoms with Gasteiger partial charge in [-0.2, -0.15) is 0 Å². The largest absolute Gasteiger partial charge is 0.494 e. The van der Waals surface area contributed by atoms with Crippen molar-refractivity contribution in [3.63, 3.8) is 0 Å². The predicted octanol–water partition coefficient (Wildman–Crippen LogP) is 6.65. The highest BCUT2D eigenvalue weighted by molar-refractivity contribution is 7.22. The molecule has 1 unspecified atom stereocenters. The first-order valence-electron chi connectivity index (χ1n) is 11.3. The number of nitrogens with zero attached hydrogens (tertiary/aromatic N) is 2. The predicted molar refractivity (Wildman–Crippen MR) is 131 cm³/mol. The van der Waals surface area contributed by atoms with Crippen molar-refractivity contribution < 1.29 is 14.3 Å². The number of aromatic nitrogens is 1. The zero-order valence-electron chi connectivity index (χ0n) is 18.6. The smallest absolute Gasteiger partial charge is 0.260 e. The van der Waals surface area contributed by atoms with Crippen LogP contribution in [0.3, 0.4) is 0 Å². The van der Waals surface area contributed by atoms with Crippen molar-refractivity contribution in [3.05, 3.63) is 52.5 Å². The Kier molecular flexibility index (Phi) is 7.66. The molecule has 0 spiro atoms. The maximum Gasteiger partial charge on any atom is 0.260 e. The Morgan fingerprint density at radius 2 is 2.19 bits per heavy atom. The van der Waals surface area contributed by atoms with Crippen LogP contribution in [0.15, 0.2) is 36.4 Å². The topological polar surface area (TPSA) is 51.7 Å². The van der Waals surface area contributed by atoms with E-state index in [9.17, 15) is 4.79 Å². The minimum Gasteiger partial charge on any atom is -0.494 e. The molecule has 32 heavy (non-hydrogen) atoms. The van der Waals surface area contributed by atoms with Gasteiger partial charge in [-0.1, -0.05) is 48.8 Å². The van der Waals surface area contributed by atoms with Crippen molar-refractivity contribution in [3.8, 4) is 5.75 Å². The number of hydrogen-bond donors (Lipinski definition) is 0. The van der Waals surface area contributed by atoms with Crippen LogP contribution in [-0.2, 0) is 4.74 Å². The summed E-state index contributed by atoms with van der Waals surface area (Å²) >= 11 is 7.74. The van der Waals surface area contributed by atoms with Crippen LogP contribution in [0, 0.1) is 6.92 Å². The number of aryl methyl sites for hydroxylation is 1. The average Bonchev–Trinajstić information content (AvgIpc) is 3.45. The SMILES string of the molecule is CCCCCOc1cccc(C(=O)N(CC2CCCO2)c2nc3c(C)cc(Cl)cc3s2)c1. The highest BCUT2D eigenvalue weighted by Gasteiger charge is 2.27. The first-order chi connectivity index (χ1) is 15.5. The van der Waals surface area contributed by atoms with Gasteiger partial charge in [-0.05, 0) is 62.1 Å². The van der Waals surface area contributed by atoms with Crippen LogP contribution in [0.5, 0.6) is 5.75 Å². The van der Waals surface area contributed by atoms with Gasteiger partial charge in [-0.3, -0.25) is 9.69 Å². The summed E-state index contributed by atoms with van der Waals surface area (Å²) in [5, 5.41) is 1.34. The number of carbonyl (C=O) groups excluding carboxylic acids is 1. The molecule has 4 rings (SSSR count). The molecule has 170 valence electrons. The molecule has 2 heterocycles. The Morgan fingerprint density at radius 3 is 2.97 bits per heavy atom. The number of hydrogen-bond acceptors (Lipinski definition) is 5. The number of anilines is 1. The summed E-state index contributed by atoms with van der Waals surface area (Å²) in [6.45, 7) is 6.03. The van der Waals surface area contributed by atoms with E-state index in [1.54, 1.807) is 4.90 Å². The number of carbonyl (C=O) groups is 1. The molecule has 0 radical (unpaired) electrons. The highest BCUT2D eigenvalue weighted by Crippen LogP contribution is 2.34. The van der Waals surface area contributed by atoms with Gasteiger partial charge in [0.05, 0.1) is 29.5 Å². The lowest BCUT2D eigenvalue weighted by Gasteiger charge is -2.23.